The Morgan fingerprint density at radius 2 is 2.00 bits per heavy atom. The van der Waals surface area contributed by atoms with Crippen LogP contribution in [0.5, 0.6) is 0 Å². The Labute approximate surface area is 128 Å². The van der Waals surface area contributed by atoms with E-state index in [0.29, 0.717) is 21.8 Å². The third-order valence-corrected chi connectivity index (χ3v) is 5.23. The minimum atomic E-state index is 0.0768. The van der Waals surface area contributed by atoms with Crippen molar-refractivity contribution >= 4 is 40.9 Å². The molecule has 1 saturated carbocycles. The standard InChI is InChI=1S/C14H17Cl2NOS/c15-11-7-4-8-12(14(11)16)19-9-13(18)17-10-5-2-1-3-6-10/h4,7-8,10H,1-3,5-6,9H2,(H,17,18). The SMILES string of the molecule is O=C(CSc1cccc(Cl)c1Cl)NC1CCCCC1. The molecule has 0 spiro atoms. The number of hydrogen-bond acceptors (Lipinski definition) is 2. The molecule has 0 unspecified atom stereocenters. The molecule has 1 aromatic carbocycles. The molecule has 0 saturated heterocycles. The Morgan fingerprint density at radius 3 is 2.74 bits per heavy atom. The van der Waals surface area contributed by atoms with E-state index in [4.69, 9.17) is 23.2 Å². The van der Waals surface area contributed by atoms with Gasteiger partial charge in [-0.25, -0.2) is 0 Å². The summed E-state index contributed by atoms with van der Waals surface area (Å²) in [5.74, 6) is 0.462. The molecule has 1 aromatic rings. The monoisotopic (exact) mass is 317 g/mol. The lowest BCUT2D eigenvalue weighted by Gasteiger charge is -2.22. The molecule has 1 aliphatic rings. The van der Waals surface area contributed by atoms with Crippen molar-refractivity contribution in [3.05, 3.63) is 28.2 Å². The number of hydrogen-bond donors (Lipinski definition) is 1. The van der Waals surface area contributed by atoms with E-state index in [1.54, 1.807) is 6.07 Å². The topological polar surface area (TPSA) is 29.1 Å². The third-order valence-electron chi connectivity index (χ3n) is 3.25. The van der Waals surface area contributed by atoms with Crippen molar-refractivity contribution < 1.29 is 4.79 Å². The van der Waals surface area contributed by atoms with Gasteiger partial charge in [0.2, 0.25) is 5.91 Å². The molecule has 2 nitrogen and oxygen atoms in total. The highest BCUT2D eigenvalue weighted by molar-refractivity contribution is 8.00. The van der Waals surface area contributed by atoms with E-state index in [9.17, 15) is 4.79 Å². The first-order valence-corrected chi connectivity index (χ1v) is 8.27. The first-order chi connectivity index (χ1) is 9.16. The normalized spacial score (nSPS) is 16.3. The summed E-state index contributed by atoms with van der Waals surface area (Å²) in [6.45, 7) is 0. The van der Waals surface area contributed by atoms with Crippen LogP contribution in [0.1, 0.15) is 32.1 Å². The molecule has 1 aliphatic carbocycles. The third kappa shape index (κ3) is 4.59. The van der Waals surface area contributed by atoms with Crippen LogP contribution < -0.4 is 5.32 Å². The van der Waals surface area contributed by atoms with E-state index >= 15 is 0 Å². The molecular weight excluding hydrogens is 301 g/mol. The molecule has 0 radical (unpaired) electrons. The minimum absolute atomic E-state index is 0.0768. The Kier molecular flexibility index (Phi) is 5.86. The van der Waals surface area contributed by atoms with Crippen LogP contribution in [0.3, 0.4) is 0 Å². The highest BCUT2D eigenvalue weighted by atomic mass is 35.5. The quantitative estimate of drug-likeness (QED) is 0.826. The lowest BCUT2D eigenvalue weighted by molar-refractivity contribution is -0.119. The Hall–Kier alpha value is -0.380. The summed E-state index contributed by atoms with van der Waals surface area (Å²) in [6.07, 6.45) is 5.94. The number of benzene rings is 1. The van der Waals surface area contributed by atoms with E-state index in [0.717, 1.165) is 17.7 Å². The Balaban J connectivity index is 1.81. The zero-order valence-electron chi connectivity index (χ0n) is 10.6. The van der Waals surface area contributed by atoms with Crippen LogP contribution in [-0.2, 0) is 4.79 Å². The van der Waals surface area contributed by atoms with Gasteiger partial charge in [0.05, 0.1) is 15.8 Å². The van der Waals surface area contributed by atoms with E-state index < -0.39 is 0 Å². The van der Waals surface area contributed by atoms with Crippen LogP contribution in [0.4, 0.5) is 0 Å². The smallest absolute Gasteiger partial charge is 0.230 e. The number of thioether (sulfide) groups is 1. The van der Waals surface area contributed by atoms with Gasteiger partial charge in [-0.05, 0) is 25.0 Å². The van der Waals surface area contributed by atoms with Gasteiger partial charge in [-0.3, -0.25) is 4.79 Å². The van der Waals surface area contributed by atoms with E-state index in [1.165, 1.54) is 31.0 Å². The van der Waals surface area contributed by atoms with Gasteiger partial charge in [-0.2, -0.15) is 0 Å². The van der Waals surface area contributed by atoms with Gasteiger partial charge in [0.15, 0.2) is 0 Å². The molecule has 1 amide bonds. The van der Waals surface area contributed by atoms with Gasteiger partial charge in [-0.1, -0.05) is 48.5 Å². The molecule has 0 heterocycles. The maximum Gasteiger partial charge on any atom is 0.230 e. The van der Waals surface area contributed by atoms with Gasteiger partial charge in [0.25, 0.3) is 0 Å². The Bertz CT molecular complexity index is 447. The number of rotatable bonds is 4. The average Bonchev–Trinajstić information content (AvgIpc) is 2.42. The summed E-state index contributed by atoms with van der Waals surface area (Å²) in [4.78, 5) is 12.7. The molecule has 0 aromatic heterocycles. The van der Waals surface area contributed by atoms with E-state index in [-0.39, 0.29) is 5.91 Å². The van der Waals surface area contributed by atoms with Gasteiger partial charge in [-0.15, -0.1) is 11.8 Å². The maximum atomic E-state index is 11.9. The summed E-state index contributed by atoms with van der Waals surface area (Å²) in [5.41, 5.74) is 0. The van der Waals surface area contributed by atoms with Crippen molar-refractivity contribution in [3.8, 4) is 0 Å². The van der Waals surface area contributed by atoms with Crippen LogP contribution in [-0.4, -0.2) is 17.7 Å². The van der Waals surface area contributed by atoms with Gasteiger partial charge in [0, 0.05) is 10.9 Å². The van der Waals surface area contributed by atoms with Crippen molar-refractivity contribution in [2.75, 3.05) is 5.75 Å². The van der Waals surface area contributed by atoms with Crippen molar-refractivity contribution in [1.29, 1.82) is 0 Å². The number of carbonyl (C=O) groups is 1. The molecule has 0 aliphatic heterocycles. The molecule has 5 heteroatoms. The first kappa shape index (κ1) is 15.0. The molecular formula is C14H17Cl2NOS. The predicted molar refractivity (Wildman–Crippen MR) is 82.2 cm³/mol. The van der Waals surface area contributed by atoms with Crippen molar-refractivity contribution in [2.45, 2.75) is 43.0 Å². The first-order valence-electron chi connectivity index (χ1n) is 6.53. The zero-order valence-corrected chi connectivity index (χ0v) is 13.0. The molecule has 1 N–H and O–H groups in total. The number of halogens is 2. The van der Waals surface area contributed by atoms with Crippen LogP contribution in [0.15, 0.2) is 23.1 Å². The summed E-state index contributed by atoms with van der Waals surface area (Å²) >= 11 is 13.5. The molecule has 104 valence electrons. The molecule has 19 heavy (non-hydrogen) atoms. The highest BCUT2D eigenvalue weighted by Crippen LogP contribution is 2.32. The summed E-state index contributed by atoms with van der Waals surface area (Å²) < 4.78 is 0. The zero-order chi connectivity index (χ0) is 13.7. The fourth-order valence-electron chi connectivity index (χ4n) is 2.26. The van der Waals surface area contributed by atoms with Crippen LogP contribution in [0.25, 0.3) is 0 Å². The molecule has 0 atom stereocenters. The average molecular weight is 318 g/mol. The number of carbonyl (C=O) groups excluding carboxylic acids is 1. The minimum Gasteiger partial charge on any atom is -0.353 e. The maximum absolute atomic E-state index is 11.9. The lowest BCUT2D eigenvalue weighted by Crippen LogP contribution is -2.37. The highest BCUT2D eigenvalue weighted by Gasteiger charge is 2.16. The summed E-state index contributed by atoms with van der Waals surface area (Å²) in [7, 11) is 0. The van der Waals surface area contributed by atoms with Crippen molar-refractivity contribution in [2.24, 2.45) is 0 Å². The van der Waals surface area contributed by atoms with Gasteiger partial charge >= 0.3 is 0 Å². The van der Waals surface area contributed by atoms with Crippen molar-refractivity contribution in [3.63, 3.8) is 0 Å². The predicted octanol–water partition coefficient (Wildman–Crippen LogP) is 4.53. The van der Waals surface area contributed by atoms with Crippen molar-refractivity contribution in [1.82, 2.24) is 5.32 Å². The van der Waals surface area contributed by atoms with E-state index in [2.05, 4.69) is 5.32 Å². The van der Waals surface area contributed by atoms with Gasteiger partial charge < -0.3 is 5.32 Å². The summed E-state index contributed by atoms with van der Waals surface area (Å²) in [5, 5.41) is 4.14. The number of amides is 1. The second-order valence-electron chi connectivity index (χ2n) is 4.74. The molecule has 1 fully saturated rings. The second kappa shape index (κ2) is 7.41. The lowest BCUT2D eigenvalue weighted by atomic mass is 9.95. The Morgan fingerprint density at radius 1 is 1.26 bits per heavy atom. The molecule has 2 rings (SSSR count). The summed E-state index contributed by atoms with van der Waals surface area (Å²) in [6, 6.07) is 5.83. The fourth-order valence-corrected chi connectivity index (χ4v) is 3.56. The fraction of sp³-hybridized carbons (Fsp3) is 0.500. The van der Waals surface area contributed by atoms with E-state index in [1.807, 2.05) is 12.1 Å². The van der Waals surface area contributed by atoms with Crippen LogP contribution in [0.2, 0.25) is 10.0 Å². The largest absolute Gasteiger partial charge is 0.353 e. The van der Waals surface area contributed by atoms with Gasteiger partial charge in [0.1, 0.15) is 0 Å². The van der Waals surface area contributed by atoms with Crippen LogP contribution >= 0.6 is 35.0 Å². The second-order valence-corrected chi connectivity index (χ2v) is 6.55. The molecule has 0 bridgehead atoms. The van der Waals surface area contributed by atoms with Crippen LogP contribution in [0, 0.1) is 0 Å². The number of nitrogens with one attached hydrogen (secondary N) is 1.